The maximum absolute atomic E-state index is 12.6. The van der Waals surface area contributed by atoms with E-state index in [1.165, 1.54) is 19.2 Å². The maximum Gasteiger partial charge on any atom is 0.243 e. The lowest BCUT2D eigenvalue weighted by Crippen LogP contribution is -2.35. The lowest BCUT2D eigenvalue weighted by molar-refractivity contribution is -0.116. The van der Waals surface area contributed by atoms with Crippen molar-refractivity contribution in [2.75, 3.05) is 18.9 Å². The molecule has 2 aromatic rings. The van der Waals surface area contributed by atoms with E-state index in [1.807, 2.05) is 26.0 Å². The third-order valence-corrected chi connectivity index (χ3v) is 6.72. The maximum atomic E-state index is 12.6. The van der Waals surface area contributed by atoms with Gasteiger partial charge in [-0.25, -0.2) is 8.42 Å². The number of nitrogens with one attached hydrogen (secondary N) is 1. The van der Waals surface area contributed by atoms with Crippen molar-refractivity contribution in [3.63, 3.8) is 0 Å². The molecule has 0 aliphatic rings. The van der Waals surface area contributed by atoms with Crippen molar-refractivity contribution in [2.45, 2.75) is 25.2 Å². The first-order valence-electron chi connectivity index (χ1n) is 7.96. The highest BCUT2D eigenvalue weighted by Gasteiger charge is 2.23. The summed E-state index contributed by atoms with van der Waals surface area (Å²) in [6, 6.07) is 10.2. The number of rotatable bonds is 6. The van der Waals surface area contributed by atoms with E-state index in [0.29, 0.717) is 0 Å². The topological polar surface area (TPSA) is 66.5 Å². The third kappa shape index (κ3) is 4.94. The first-order chi connectivity index (χ1) is 12.1. The molecule has 0 bridgehead atoms. The molecule has 2 aromatic carbocycles. The number of benzene rings is 2. The van der Waals surface area contributed by atoms with E-state index in [-0.39, 0.29) is 17.3 Å². The molecule has 0 heterocycles. The molecule has 0 saturated heterocycles. The van der Waals surface area contributed by atoms with Gasteiger partial charge in [-0.1, -0.05) is 38.8 Å². The van der Waals surface area contributed by atoms with Crippen LogP contribution in [0.3, 0.4) is 0 Å². The lowest BCUT2D eigenvalue weighted by Gasteiger charge is -2.19. The predicted octanol–water partition coefficient (Wildman–Crippen LogP) is 4.34. The molecule has 1 N–H and O–H groups in total. The zero-order chi connectivity index (χ0) is 19.5. The Bertz CT molecular complexity index is 913. The van der Waals surface area contributed by atoms with E-state index in [2.05, 4.69) is 37.2 Å². The molecule has 1 amide bonds. The second-order valence-electron chi connectivity index (χ2n) is 5.87. The summed E-state index contributed by atoms with van der Waals surface area (Å²) in [7, 11) is -2.34. The Morgan fingerprint density at radius 2 is 1.73 bits per heavy atom. The fraction of sp³-hybridized carbons (Fsp3) is 0.278. The van der Waals surface area contributed by atoms with Gasteiger partial charge in [0.15, 0.2) is 0 Å². The van der Waals surface area contributed by atoms with Gasteiger partial charge in [-0.15, -0.1) is 0 Å². The van der Waals surface area contributed by atoms with E-state index in [4.69, 9.17) is 0 Å². The summed E-state index contributed by atoms with van der Waals surface area (Å²) in [5.74, 6) is -0.381. The minimum absolute atomic E-state index is 0.144. The summed E-state index contributed by atoms with van der Waals surface area (Å²) in [4.78, 5) is 12.6. The SMILES string of the molecule is CCc1cc(Br)cc(C)c1NC(=O)CN(C)S(=O)(=O)c1ccc(Br)cc1. The molecule has 0 fully saturated rings. The molecular formula is C18H20Br2N2O3S. The van der Waals surface area contributed by atoms with Gasteiger partial charge in [-0.05, 0) is 60.9 Å². The van der Waals surface area contributed by atoms with Crippen LogP contribution in [0.15, 0.2) is 50.2 Å². The number of halogens is 2. The number of anilines is 1. The standard InChI is InChI=1S/C18H20Br2N2O3S/c1-4-13-10-15(20)9-12(2)18(13)21-17(23)11-22(3)26(24,25)16-7-5-14(19)6-8-16/h5-10H,4,11H2,1-3H3,(H,21,23). The smallest absolute Gasteiger partial charge is 0.243 e. The number of likely N-dealkylation sites (N-methyl/N-ethyl adjacent to an activating group) is 1. The van der Waals surface area contributed by atoms with Crippen LogP contribution in [-0.4, -0.2) is 32.2 Å². The normalized spacial score (nSPS) is 11.6. The van der Waals surface area contributed by atoms with Crippen molar-refractivity contribution >= 4 is 53.5 Å². The van der Waals surface area contributed by atoms with Crippen molar-refractivity contribution in [1.82, 2.24) is 4.31 Å². The van der Waals surface area contributed by atoms with Crippen LogP contribution in [-0.2, 0) is 21.2 Å². The van der Waals surface area contributed by atoms with E-state index in [0.717, 1.165) is 36.5 Å². The minimum atomic E-state index is -3.73. The molecule has 140 valence electrons. The molecule has 0 radical (unpaired) electrons. The van der Waals surface area contributed by atoms with Crippen molar-refractivity contribution in [3.05, 3.63) is 56.5 Å². The Morgan fingerprint density at radius 1 is 1.12 bits per heavy atom. The largest absolute Gasteiger partial charge is 0.324 e. The van der Waals surface area contributed by atoms with Gasteiger partial charge in [0, 0.05) is 21.7 Å². The molecule has 8 heteroatoms. The number of sulfonamides is 1. The first-order valence-corrected chi connectivity index (χ1v) is 11.0. The van der Waals surface area contributed by atoms with E-state index in [1.54, 1.807) is 12.1 Å². The van der Waals surface area contributed by atoms with Crippen LogP contribution in [0, 0.1) is 6.92 Å². The summed E-state index contributed by atoms with van der Waals surface area (Å²) in [6.45, 7) is 3.64. The Labute approximate surface area is 171 Å². The van der Waals surface area contributed by atoms with Gasteiger partial charge in [0.25, 0.3) is 0 Å². The van der Waals surface area contributed by atoms with Crippen LogP contribution in [0.1, 0.15) is 18.1 Å². The van der Waals surface area contributed by atoms with Gasteiger partial charge in [0.1, 0.15) is 0 Å². The highest BCUT2D eigenvalue weighted by Crippen LogP contribution is 2.26. The van der Waals surface area contributed by atoms with Gasteiger partial charge in [0.05, 0.1) is 11.4 Å². The molecule has 0 atom stereocenters. The quantitative estimate of drug-likeness (QED) is 0.637. The van der Waals surface area contributed by atoms with Crippen LogP contribution in [0.4, 0.5) is 5.69 Å². The Balaban J connectivity index is 2.16. The summed E-state index contributed by atoms with van der Waals surface area (Å²) < 4.78 is 28.0. The third-order valence-electron chi connectivity index (χ3n) is 3.92. The number of hydrogen-bond donors (Lipinski definition) is 1. The van der Waals surface area contributed by atoms with Crippen LogP contribution in [0.2, 0.25) is 0 Å². The average Bonchev–Trinajstić information content (AvgIpc) is 2.57. The Kier molecular flexibility index (Phi) is 7.01. The predicted molar refractivity (Wildman–Crippen MR) is 111 cm³/mol. The molecule has 26 heavy (non-hydrogen) atoms. The zero-order valence-electron chi connectivity index (χ0n) is 14.7. The number of carbonyl (C=O) groups excluding carboxylic acids is 1. The van der Waals surface area contributed by atoms with Crippen molar-refractivity contribution in [2.24, 2.45) is 0 Å². The van der Waals surface area contributed by atoms with Gasteiger partial charge >= 0.3 is 0 Å². The first kappa shape index (κ1) is 21.1. The van der Waals surface area contributed by atoms with Crippen LogP contribution in [0.25, 0.3) is 0 Å². The number of amides is 1. The molecule has 0 unspecified atom stereocenters. The second-order valence-corrected chi connectivity index (χ2v) is 9.75. The summed E-state index contributed by atoms with van der Waals surface area (Å²) >= 11 is 6.72. The number of carbonyl (C=O) groups is 1. The lowest BCUT2D eigenvalue weighted by atomic mass is 10.1. The molecule has 0 aromatic heterocycles. The molecule has 2 rings (SSSR count). The molecular weight excluding hydrogens is 484 g/mol. The average molecular weight is 504 g/mol. The van der Waals surface area contributed by atoms with E-state index >= 15 is 0 Å². The second kappa shape index (κ2) is 8.65. The number of nitrogens with zero attached hydrogens (tertiary/aromatic N) is 1. The highest BCUT2D eigenvalue weighted by atomic mass is 79.9. The monoisotopic (exact) mass is 502 g/mol. The van der Waals surface area contributed by atoms with Crippen LogP contribution in [0.5, 0.6) is 0 Å². The zero-order valence-corrected chi connectivity index (χ0v) is 18.7. The van der Waals surface area contributed by atoms with Crippen LogP contribution < -0.4 is 5.32 Å². The van der Waals surface area contributed by atoms with Crippen LogP contribution >= 0.6 is 31.9 Å². The van der Waals surface area contributed by atoms with Gasteiger partial charge in [0.2, 0.25) is 15.9 Å². The van der Waals surface area contributed by atoms with E-state index < -0.39 is 10.0 Å². The van der Waals surface area contributed by atoms with E-state index in [9.17, 15) is 13.2 Å². The Morgan fingerprint density at radius 3 is 2.31 bits per heavy atom. The molecule has 0 aliphatic heterocycles. The summed E-state index contributed by atoms with van der Waals surface area (Å²) in [5, 5.41) is 2.85. The number of aryl methyl sites for hydroxylation is 2. The van der Waals surface area contributed by atoms with Crippen molar-refractivity contribution in [1.29, 1.82) is 0 Å². The van der Waals surface area contributed by atoms with Gasteiger partial charge < -0.3 is 5.32 Å². The molecule has 0 aliphatic carbocycles. The molecule has 0 saturated carbocycles. The highest BCUT2D eigenvalue weighted by molar-refractivity contribution is 9.10. The van der Waals surface area contributed by atoms with Gasteiger partial charge in [-0.2, -0.15) is 4.31 Å². The summed E-state index contributed by atoms with van der Waals surface area (Å²) in [5.41, 5.74) is 2.64. The molecule has 0 spiro atoms. The summed E-state index contributed by atoms with van der Waals surface area (Å²) in [6.07, 6.45) is 0.753. The number of hydrogen-bond acceptors (Lipinski definition) is 3. The van der Waals surface area contributed by atoms with Gasteiger partial charge in [-0.3, -0.25) is 4.79 Å². The Hall–Kier alpha value is -1.22. The van der Waals surface area contributed by atoms with Crippen molar-refractivity contribution < 1.29 is 13.2 Å². The fourth-order valence-electron chi connectivity index (χ4n) is 2.52. The fourth-order valence-corrected chi connectivity index (χ4v) is 4.53. The van der Waals surface area contributed by atoms with Crippen molar-refractivity contribution in [3.8, 4) is 0 Å². The molecule has 5 nitrogen and oxygen atoms in total. The minimum Gasteiger partial charge on any atom is -0.324 e.